The first-order valence-electron chi connectivity index (χ1n) is 6.01. The van der Waals surface area contributed by atoms with Crippen LogP contribution in [0.4, 0.5) is 0 Å². The van der Waals surface area contributed by atoms with Crippen LogP contribution in [0, 0.1) is 0 Å². The molecule has 0 fully saturated rings. The maximum Gasteiger partial charge on any atom is 0.328 e. The quantitative estimate of drug-likeness (QED) is 0.203. The van der Waals surface area contributed by atoms with E-state index in [-0.39, 0.29) is 38.9 Å². The first kappa shape index (κ1) is 27.7. The molecule has 0 aromatic heterocycles. The van der Waals surface area contributed by atoms with Crippen molar-refractivity contribution in [1.29, 1.82) is 0 Å². The number of carboxylic acids is 1. The third-order valence-electron chi connectivity index (χ3n) is 1.93. The van der Waals surface area contributed by atoms with Crippen LogP contribution in [0.1, 0.15) is 12.8 Å². The normalized spacial score (nSPS) is 8.64. The van der Waals surface area contributed by atoms with Crippen LogP contribution in [0.3, 0.4) is 0 Å². The number of carboxylic acid groups (broad SMARTS) is 1. The van der Waals surface area contributed by atoms with Gasteiger partial charge in [0.25, 0.3) is 0 Å². The Bertz CT molecular complexity index is 468. The predicted molar refractivity (Wildman–Crippen MR) is 74.6 cm³/mol. The number of hydrogen-bond donors (Lipinski definition) is 3. The van der Waals surface area contributed by atoms with Gasteiger partial charge in [0.1, 0.15) is 19.5 Å². The average Bonchev–Trinajstić information content (AvgIpc) is 2.41. The molecule has 14 heteroatoms. The Morgan fingerprint density at radius 3 is 1.60 bits per heavy atom. The van der Waals surface area contributed by atoms with Gasteiger partial charge < -0.3 is 41.9 Å². The van der Waals surface area contributed by atoms with Crippen LogP contribution in [-0.2, 0) is 71.0 Å². The molecule has 3 amide bonds. The molecule has 139 valence electrons. The summed E-state index contributed by atoms with van der Waals surface area (Å²) in [5, 5.41) is 12.3. The molecule has 1 radical (unpaired) electrons. The van der Waals surface area contributed by atoms with Gasteiger partial charge in [-0.05, 0) is 0 Å². The summed E-state index contributed by atoms with van der Waals surface area (Å²) < 4.78 is 8.80. The number of carbonyl (C=O) groups excluding carboxylic acids is 5. The van der Waals surface area contributed by atoms with Crippen molar-refractivity contribution >= 4 is 35.6 Å². The van der Waals surface area contributed by atoms with Gasteiger partial charge in [0.05, 0.1) is 12.3 Å². The zero-order chi connectivity index (χ0) is 17.8. The summed E-state index contributed by atoms with van der Waals surface area (Å²) in [6.07, 6.45) is -1.50. The molecule has 0 heterocycles. The summed E-state index contributed by atoms with van der Waals surface area (Å²) in [4.78, 5) is 64.5. The number of aliphatic carboxylic acids is 1. The van der Waals surface area contributed by atoms with Crippen molar-refractivity contribution in [1.82, 2.24) is 10.6 Å². The van der Waals surface area contributed by atoms with E-state index in [1.165, 1.54) is 0 Å². The molecule has 0 atom stereocenters. The van der Waals surface area contributed by atoms with Gasteiger partial charge in [-0.3, -0.25) is 24.0 Å². The number of ether oxygens (including phenoxy) is 2. The third kappa shape index (κ3) is 18.1. The van der Waals surface area contributed by atoms with Gasteiger partial charge in [0, 0.05) is 32.7 Å². The second kappa shape index (κ2) is 15.4. The number of hydrogen-bond acceptors (Lipinski definition) is 8. The van der Waals surface area contributed by atoms with E-state index in [0.717, 1.165) is 0 Å². The van der Waals surface area contributed by atoms with Crippen molar-refractivity contribution in [2.75, 3.05) is 19.9 Å². The van der Waals surface area contributed by atoms with Crippen molar-refractivity contribution in [2.24, 2.45) is 0 Å². The van der Waals surface area contributed by atoms with Crippen molar-refractivity contribution in [3.63, 3.8) is 0 Å². The first-order valence-corrected chi connectivity index (χ1v) is 6.01. The zero-order valence-corrected chi connectivity index (χ0v) is 15.7. The molecule has 0 bridgehead atoms. The summed E-state index contributed by atoms with van der Waals surface area (Å²) in [7, 11) is 0. The summed E-state index contributed by atoms with van der Waals surface area (Å²) >= 11 is 0. The van der Waals surface area contributed by atoms with Crippen molar-refractivity contribution < 1.29 is 76.1 Å². The number of nitrogens with one attached hydrogen (secondary N) is 3. The molecular formula is C11H16N4O9Y-2. The maximum absolute atomic E-state index is 11.1. The minimum Gasteiger partial charge on any atom is -0.693 e. The van der Waals surface area contributed by atoms with E-state index < -0.39 is 68.4 Å². The minimum atomic E-state index is -1.36. The van der Waals surface area contributed by atoms with Gasteiger partial charge in [-0.2, -0.15) is 0 Å². The largest absolute Gasteiger partial charge is 0.693 e. The van der Waals surface area contributed by atoms with Crippen LogP contribution in [0.5, 0.6) is 0 Å². The molecule has 13 nitrogen and oxygen atoms in total. The second-order valence-electron chi connectivity index (χ2n) is 3.87. The van der Waals surface area contributed by atoms with Gasteiger partial charge in [-0.15, -0.1) is 0 Å². The average molecular weight is 437 g/mol. The summed E-state index contributed by atoms with van der Waals surface area (Å²) in [6.45, 7) is -1.97. The summed E-state index contributed by atoms with van der Waals surface area (Å²) in [6, 6.07) is 0. The molecule has 6 N–H and O–H groups in total. The molecule has 0 saturated heterocycles. The van der Waals surface area contributed by atoms with E-state index in [4.69, 9.17) is 10.8 Å². The van der Waals surface area contributed by atoms with Crippen LogP contribution in [-0.4, -0.2) is 60.6 Å². The van der Waals surface area contributed by atoms with Gasteiger partial charge in [0.15, 0.2) is 0 Å². The maximum atomic E-state index is 11.1. The molecule has 0 aliphatic rings. The monoisotopic (exact) mass is 437 g/mol. The molecule has 25 heavy (non-hydrogen) atoms. The van der Waals surface area contributed by atoms with E-state index in [1.807, 2.05) is 10.6 Å². The van der Waals surface area contributed by atoms with Crippen molar-refractivity contribution in [3.8, 4) is 0 Å². The Morgan fingerprint density at radius 1 is 0.840 bits per heavy atom. The third-order valence-corrected chi connectivity index (χ3v) is 1.93. The van der Waals surface area contributed by atoms with E-state index >= 15 is 0 Å². The number of rotatable bonds is 10. The first-order chi connectivity index (χ1) is 10.7. The zero-order valence-electron chi connectivity index (χ0n) is 12.9. The fourth-order valence-electron chi connectivity index (χ4n) is 1.01. The van der Waals surface area contributed by atoms with Crippen LogP contribution < -0.4 is 10.6 Å². The van der Waals surface area contributed by atoms with E-state index in [0.29, 0.717) is 0 Å². The van der Waals surface area contributed by atoms with E-state index in [2.05, 4.69) is 9.47 Å². The molecule has 0 aliphatic carbocycles. The Labute approximate surface area is 166 Å². The standard InChI is InChI=1S/C11H15N3O9.H2N.Y/c12-6(15)1-7(16)13-3-10(20)22-5-23-11(21)4-14-8(17)2-9(18)19;;/h1-5H2,(H5,12,13,14,15,16,17,18,19);1H2;/q;-1;/p-1. The SMILES string of the molecule is [NH-]C(=O)CC(=O)NCC(=O)OCOC(=O)CNC(=O)CC(=O)O.[NH2-].[Y]. The Morgan fingerprint density at radius 2 is 1.24 bits per heavy atom. The fourth-order valence-corrected chi connectivity index (χ4v) is 1.01. The van der Waals surface area contributed by atoms with Crippen LogP contribution >= 0.6 is 0 Å². The van der Waals surface area contributed by atoms with Gasteiger partial charge in [0.2, 0.25) is 18.6 Å². The molecule has 0 spiro atoms. The molecule has 0 saturated carbocycles. The fraction of sp³-hybridized carbons (Fsp3) is 0.455. The molecule has 0 aromatic carbocycles. The number of carbonyl (C=O) groups is 6. The van der Waals surface area contributed by atoms with Gasteiger partial charge in [-0.25, -0.2) is 0 Å². The Kier molecular flexibility index (Phi) is 17.1. The molecule has 0 aliphatic heterocycles. The summed E-state index contributed by atoms with van der Waals surface area (Å²) in [5.74, 6) is -6.13. The predicted octanol–water partition coefficient (Wildman–Crippen LogP) is -1.58. The van der Waals surface area contributed by atoms with Gasteiger partial charge >= 0.3 is 17.9 Å². The summed E-state index contributed by atoms with van der Waals surface area (Å²) in [5.41, 5.74) is 6.52. The van der Waals surface area contributed by atoms with Crippen LogP contribution in [0.25, 0.3) is 11.9 Å². The van der Waals surface area contributed by atoms with E-state index in [1.54, 1.807) is 0 Å². The number of esters is 2. The van der Waals surface area contributed by atoms with Crippen LogP contribution in [0.15, 0.2) is 0 Å². The second-order valence-corrected chi connectivity index (χ2v) is 3.87. The molecule has 0 rings (SSSR count). The minimum absolute atomic E-state index is 0. The molecule has 0 aromatic rings. The topological polar surface area (TPSA) is 222 Å². The number of amides is 3. The van der Waals surface area contributed by atoms with Gasteiger partial charge in [-0.1, -0.05) is 0 Å². The molecular weight excluding hydrogens is 421 g/mol. The smallest absolute Gasteiger partial charge is 0.328 e. The molecule has 0 unspecified atom stereocenters. The number of nitrogens with two attached hydrogens (primary N) is 1. The Balaban J connectivity index is -0.00000242. The Hall–Kier alpha value is -2.12. The van der Waals surface area contributed by atoms with E-state index in [9.17, 15) is 28.8 Å². The van der Waals surface area contributed by atoms with Crippen LogP contribution in [0.2, 0.25) is 0 Å². The van der Waals surface area contributed by atoms with Crippen molar-refractivity contribution in [3.05, 3.63) is 11.9 Å². The van der Waals surface area contributed by atoms with Crippen molar-refractivity contribution in [2.45, 2.75) is 12.8 Å².